The summed E-state index contributed by atoms with van der Waals surface area (Å²) in [5, 5.41) is 6.02. The Hall–Kier alpha value is -0.940. The highest BCUT2D eigenvalue weighted by Gasteiger charge is 2.49. The molecular weight excluding hydrogens is 258 g/mol. The van der Waals surface area contributed by atoms with E-state index in [0.717, 1.165) is 17.8 Å². The summed E-state index contributed by atoms with van der Waals surface area (Å²) in [6.07, 6.45) is 5.27. The van der Waals surface area contributed by atoms with Crippen LogP contribution in [0.2, 0.25) is 0 Å². The number of amides is 1. The molecule has 2 aliphatic carbocycles. The van der Waals surface area contributed by atoms with Gasteiger partial charge in [-0.2, -0.15) is 0 Å². The monoisotopic (exact) mass is 279 g/mol. The summed E-state index contributed by atoms with van der Waals surface area (Å²) in [7, 11) is 0. The number of rotatable bonds is 3. The van der Waals surface area contributed by atoms with Gasteiger partial charge in [-0.15, -0.1) is 11.3 Å². The van der Waals surface area contributed by atoms with E-state index in [4.69, 9.17) is 5.73 Å². The first-order valence-corrected chi connectivity index (χ1v) is 7.84. The number of thiazole rings is 1. The molecule has 2 bridgehead atoms. The number of nitrogens with two attached hydrogens (primary N) is 1. The zero-order valence-electron chi connectivity index (χ0n) is 11.4. The zero-order valence-corrected chi connectivity index (χ0v) is 12.2. The minimum Gasteiger partial charge on any atom is -0.344 e. The predicted molar refractivity (Wildman–Crippen MR) is 75.6 cm³/mol. The Kier molecular flexibility index (Phi) is 3.14. The molecule has 1 heterocycles. The van der Waals surface area contributed by atoms with Crippen LogP contribution in [-0.2, 0) is 10.3 Å². The molecule has 3 rings (SSSR count). The number of nitrogens with zero attached hydrogens (tertiary/aromatic N) is 1. The van der Waals surface area contributed by atoms with Crippen LogP contribution in [0.3, 0.4) is 0 Å². The maximum absolute atomic E-state index is 12.5. The van der Waals surface area contributed by atoms with E-state index < -0.39 is 5.54 Å². The first kappa shape index (κ1) is 13.1. The smallest absolute Gasteiger partial charge is 0.225 e. The van der Waals surface area contributed by atoms with Gasteiger partial charge in [0.1, 0.15) is 5.01 Å². The predicted octanol–water partition coefficient (Wildman–Crippen LogP) is 1.87. The van der Waals surface area contributed by atoms with Crippen molar-refractivity contribution in [2.75, 3.05) is 0 Å². The van der Waals surface area contributed by atoms with Crippen molar-refractivity contribution in [1.29, 1.82) is 0 Å². The highest BCUT2D eigenvalue weighted by atomic mass is 32.1. The highest BCUT2D eigenvalue weighted by Crippen LogP contribution is 2.47. The molecule has 0 aromatic carbocycles. The average molecular weight is 279 g/mol. The highest BCUT2D eigenvalue weighted by molar-refractivity contribution is 7.09. The fraction of sp³-hybridized carbons (Fsp3) is 0.714. The SMILES string of the molecule is CC(C)(NC(=O)C1C2CCC(C2)C1N)c1nccs1. The molecule has 4 unspecified atom stereocenters. The van der Waals surface area contributed by atoms with E-state index in [1.165, 1.54) is 6.42 Å². The molecule has 4 atom stereocenters. The second-order valence-electron chi connectivity index (χ2n) is 6.39. The van der Waals surface area contributed by atoms with Crippen LogP contribution < -0.4 is 11.1 Å². The van der Waals surface area contributed by atoms with Gasteiger partial charge in [0.25, 0.3) is 0 Å². The van der Waals surface area contributed by atoms with E-state index in [0.29, 0.717) is 11.8 Å². The van der Waals surface area contributed by atoms with Crippen molar-refractivity contribution in [3.63, 3.8) is 0 Å². The van der Waals surface area contributed by atoms with E-state index in [-0.39, 0.29) is 17.9 Å². The van der Waals surface area contributed by atoms with Gasteiger partial charge in [-0.1, -0.05) is 0 Å². The molecule has 0 spiro atoms. The second kappa shape index (κ2) is 4.56. The maximum Gasteiger partial charge on any atom is 0.225 e. The largest absolute Gasteiger partial charge is 0.344 e. The lowest BCUT2D eigenvalue weighted by molar-refractivity contribution is -0.128. The molecular formula is C14H21N3OS. The van der Waals surface area contributed by atoms with Gasteiger partial charge in [0.15, 0.2) is 0 Å². The van der Waals surface area contributed by atoms with Gasteiger partial charge >= 0.3 is 0 Å². The summed E-state index contributed by atoms with van der Waals surface area (Å²) in [6.45, 7) is 4.00. The van der Waals surface area contributed by atoms with Crippen molar-refractivity contribution < 1.29 is 4.79 Å². The average Bonchev–Trinajstić information content (AvgIpc) is 3.05. The molecule has 1 aromatic rings. The Bertz CT molecular complexity index is 469. The minimum atomic E-state index is -0.410. The molecule has 0 saturated heterocycles. The molecule has 2 saturated carbocycles. The van der Waals surface area contributed by atoms with Crippen LogP contribution in [0.5, 0.6) is 0 Å². The van der Waals surface area contributed by atoms with Gasteiger partial charge in [-0.05, 0) is 44.9 Å². The molecule has 1 amide bonds. The lowest BCUT2D eigenvalue weighted by Gasteiger charge is -2.31. The number of carbonyl (C=O) groups excluding carboxylic acids is 1. The standard InChI is InChI=1S/C14H21N3OS/c1-14(2,13-16-5-6-19-13)17-12(18)10-8-3-4-9(7-8)11(10)15/h5-6,8-11H,3-4,7,15H2,1-2H3,(H,17,18). The second-order valence-corrected chi connectivity index (χ2v) is 7.28. The molecule has 104 valence electrons. The van der Waals surface area contributed by atoms with E-state index in [1.54, 1.807) is 17.5 Å². The van der Waals surface area contributed by atoms with Crippen LogP contribution in [0, 0.1) is 17.8 Å². The van der Waals surface area contributed by atoms with Gasteiger partial charge in [0.05, 0.1) is 11.5 Å². The van der Waals surface area contributed by atoms with Crippen LogP contribution in [0.25, 0.3) is 0 Å². The first-order valence-electron chi connectivity index (χ1n) is 6.96. The van der Waals surface area contributed by atoms with E-state index in [1.807, 2.05) is 19.2 Å². The zero-order chi connectivity index (χ0) is 13.6. The summed E-state index contributed by atoms with van der Waals surface area (Å²) in [6, 6.07) is 0.0471. The van der Waals surface area contributed by atoms with E-state index >= 15 is 0 Å². The molecule has 3 N–H and O–H groups in total. The molecule has 5 heteroatoms. The van der Waals surface area contributed by atoms with Crippen LogP contribution >= 0.6 is 11.3 Å². The molecule has 0 radical (unpaired) electrons. The summed E-state index contributed by atoms with van der Waals surface area (Å²) in [4.78, 5) is 16.8. The Morgan fingerprint density at radius 2 is 2.21 bits per heavy atom. The van der Waals surface area contributed by atoms with E-state index in [2.05, 4.69) is 10.3 Å². The van der Waals surface area contributed by atoms with Gasteiger partial charge in [-0.3, -0.25) is 4.79 Å². The van der Waals surface area contributed by atoms with Gasteiger partial charge in [-0.25, -0.2) is 4.98 Å². The lowest BCUT2D eigenvalue weighted by Crippen LogP contribution is -2.50. The third-order valence-electron chi connectivity index (χ3n) is 4.69. The van der Waals surface area contributed by atoms with Crippen molar-refractivity contribution in [2.24, 2.45) is 23.5 Å². The van der Waals surface area contributed by atoms with Crippen molar-refractivity contribution in [3.05, 3.63) is 16.6 Å². The summed E-state index contributed by atoms with van der Waals surface area (Å²) in [5.74, 6) is 1.16. The lowest BCUT2D eigenvalue weighted by atomic mass is 9.84. The van der Waals surface area contributed by atoms with Crippen LogP contribution in [0.4, 0.5) is 0 Å². The third kappa shape index (κ3) is 2.19. The fourth-order valence-corrected chi connectivity index (χ4v) is 4.42. The third-order valence-corrected chi connectivity index (χ3v) is 5.78. The number of hydrogen-bond donors (Lipinski definition) is 2. The van der Waals surface area contributed by atoms with Crippen LogP contribution in [-0.4, -0.2) is 16.9 Å². The Morgan fingerprint density at radius 1 is 1.47 bits per heavy atom. The van der Waals surface area contributed by atoms with Crippen molar-refractivity contribution in [1.82, 2.24) is 10.3 Å². The Labute approximate surface area is 117 Å². The minimum absolute atomic E-state index is 0.00186. The summed E-state index contributed by atoms with van der Waals surface area (Å²) < 4.78 is 0. The topological polar surface area (TPSA) is 68.0 Å². The van der Waals surface area contributed by atoms with Crippen molar-refractivity contribution in [2.45, 2.75) is 44.7 Å². The summed E-state index contributed by atoms with van der Waals surface area (Å²) >= 11 is 1.57. The molecule has 4 nitrogen and oxygen atoms in total. The molecule has 0 aliphatic heterocycles. The molecule has 19 heavy (non-hydrogen) atoms. The first-order chi connectivity index (χ1) is 8.99. The van der Waals surface area contributed by atoms with Crippen LogP contribution in [0.15, 0.2) is 11.6 Å². The van der Waals surface area contributed by atoms with E-state index in [9.17, 15) is 4.79 Å². The van der Waals surface area contributed by atoms with Crippen molar-refractivity contribution >= 4 is 17.2 Å². The molecule has 2 aliphatic rings. The number of aromatic nitrogens is 1. The molecule has 2 fully saturated rings. The quantitative estimate of drug-likeness (QED) is 0.887. The Balaban J connectivity index is 1.72. The maximum atomic E-state index is 12.5. The number of nitrogens with one attached hydrogen (secondary N) is 1. The summed E-state index contributed by atoms with van der Waals surface area (Å²) in [5.41, 5.74) is 5.82. The number of hydrogen-bond acceptors (Lipinski definition) is 4. The van der Waals surface area contributed by atoms with Gasteiger partial charge < -0.3 is 11.1 Å². The Morgan fingerprint density at radius 3 is 2.79 bits per heavy atom. The number of carbonyl (C=O) groups is 1. The number of fused-ring (bicyclic) bond motifs is 2. The van der Waals surface area contributed by atoms with Gasteiger partial charge in [0.2, 0.25) is 5.91 Å². The fourth-order valence-electron chi connectivity index (χ4n) is 3.70. The molecule has 1 aromatic heterocycles. The normalized spacial score (nSPS) is 33.6. The van der Waals surface area contributed by atoms with Crippen molar-refractivity contribution in [3.8, 4) is 0 Å². The van der Waals surface area contributed by atoms with Crippen LogP contribution in [0.1, 0.15) is 38.1 Å². The van der Waals surface area contributed by atoms with Gasteiger partial charge in [0, 0.05) is 17.6 Å².